The lowest BCUT2D eigenvalue weighted by molar-refractivity contribution is -0.124. The van der Waals surface area contributed by atoms with Crippen molar-refractivity contribution in [2.45, 2.75) is 32.4 Å². The highest BCUT2D eigenvalue weighted by Gasteiger charge is 2.21. The first kappa shape index (κ1) is 26.7. The molecule has 0 aliphatic rings. The minimum atomic E-state index is -0.691. The molecule has 1 amide bonds. The molecule has 3 rings (SSSR count). The number of carbonyl (C=O) groups is 1. The van der Waals surface area contributed by atoms with Gasteiger partial charge in [0.15, 0.2) is 11.6 Å². The van der Waals surface area contributed by atoms with Crippen molar-refractivity contribution in [3.63, 3.8) is 0 Å². The number of pyridine rings is 1. The topological polar surface area (TPSA) is 98.3 Å². The maximum atomic E-state index is 13.9. The molecule has 0 spiro atoms. The lowest BCUT2D eigenvalue weighted by Gasteiger charge is -2.19. The van der Waals surface area contributed by atoms with Gasteiger partial charge in [-0.15, -0.1) is 0 Å². The zero-order valence-electron chi connectivity index (χ0n) is 20.1. The molecule has 0 saturated carbocycles. The third-order valence-corrected chi connectivity index (χ3v) is 6.18. The van der Waals surface area contributed by atoms with Gasteiger partial charge in [0.05, 0.1) is 11.2 Å². The highest BCUT2D eigenvalue weighted by Crippen LogP contribution is 2.37. The van der Waals surface area contributed by atoms with E-state index in [1.54, 1.807) is 43.2 Å². The Labute approximate surface area is 214 Å². The summed E-state index contributed by atoms with van der Waals surface area (Å²) in [6.07, 6.45) is 5.15. The number of benzene rings is 1. The van der Waals surface area contributed by atoms with Crippen molar-refractivity contribution < 1.29 is 13.9 Å². The summed E-state index contributed by atoms with van der Waals surface area (Å²) in [6.45, 7) is 4.96. The largest absolute Gasteiger partial charge is 0.482 e. The van der Waals surface area contributed by atoms with E-state index in [2.05, 4.69) is 20.3 Å². The van der Waals surface area contributed by atoms with Gasteiger partial charge in [-0.3, -0.25) is 9.48 Å². The first-order valence-corrected chi connectivity index (χ1v) is 11.9. The molecule has 0 bridgehead atoms. The number of nitrogens with one attached hydrogen (secondary N) is 1. The number of ether oxygens (including phenoxy) is 1. The van der Waals surface area contributed by atoms with Crippen molar-refractivity contribution in [2.24, 2.45) is 0 Å². The Balaban J connectivity index is 1.74. The Morgan fingerprint density at radius 2 is 2.00 bits per heavy atom. The van der Waals surface area contributed by atoms with E-state index >= 15 is 0 Å². The first-order valence-electron chi connectivity index (χ1n) is 11.1. The van der Waals surface area contributed by atoms with Crippen molar-refractivity contribution >= 4 is 34.9 Å². The number of hydrogen-bond acceptors (Lipinski definition) is 6. The summed E-state index contributed by atoms with van der Waals surface area (Å²) in [6, 6.07) is 3.83. The van der Waals surface area contributed by atoms with E-state index in [4.69, 9.17) is 33.7 Å². The van der Waals surface area contributed by atoms with Crippen LogP contribution in [0.15, 0.2) is 36.8 Å². The molecule has 0 saturated heterocycles. The van der Waals surface area contributed by atoms with E-state index in [1.165, 1.54) is 12.1 Å². The van der Waals surface area contributed by atoms with Crippen molar-refractivity contribution in [1.82, 2.24) is 25.0 Å². The second kappa shape index (κ2) is 11.7. The summed E-state index contributed by atoms with van der Waals surface area (Å²) in [5, 5.41) is 7.43. The molecule has 2 atom stereocenters. The lowest BCUT2D eigenvalue weighted by atomic mass is 10.1. The van der Waals surface area contributed by atoms with Crippen LogP contribution in [0.4, 0.5) is 10.2 Å². The molecule has 35 heavy (non-hydrogen) atoms. The van der Waals surface area contributed by atoms with Crippen molar-refractivity contribution in [3.8, 4) is 16.9 Å². The molecular formula is C24H29Cl2FN6O2. The van der Waals surface area contributed by atoms with Crippen molar-refractivity contribution in [3.05, 3.63) is 58.2 Å². The molecule has 1 aromatic carbocycles. The molecule has 0 aliphatic heterocycles. The predicted molar refractivity (Wildman–Crippen MR) is 136 cm³/mol. The molecule has 0 radical (unpaired) electrons. The zero-order chi connectivity index (χ0) is 25.7. The minimum Gasteiger partial charge on any atom is -0.482 e. The maximum absolute atomic E-state index is 13.9. The second-order valence-corrected chi connectivity index (χ2v) is 9.24. The monoisotopic (exact) mass is 522 g/mol. The predicted octanol–water partition coefficient (Wildman–Crippen LogP) is 4.74. The van der Waals surface area contributed by atoms with Gasteiger partial charge >= 0.3 is 0 Å². The van der Waals surface area contributed by atoms with Crippen molar-refractivity contribution in [2.75, 3.05) is 32.9 Å². The Morgan fingerprint density at radius 1 is 1.26 bits per heavy atom. The molecule has 2 aromatic heterocycles. The van der Waals surface area contributed by atoms with Crippen LogP contribution in [-0.4, -0.2) is 52.8 Å². The number of aromatic nitrogens is 3. The summed E-state index contributed by atoms with van der Waals surface area (Å²) in [7, 11) is 3.98. The number of rotatable bonds is 10. The number of nitrogens with zero attached hydrogens (tertiary/aromatic N) is 4. The lowest BCUT2D eigenvalue weighted by Crippen LogP contribution is -2.33. The van der Waals surface area contributed by atoms with Crippen LogP contribution in [0.1, 0.15) is 38.0 Å². The van der Waals surface area contributed by atoms with E-state index in [0.717, 1.165) is 18.5 Å². The average Bonchev–Trinajstić information content (AvgIpc) is 3.30. The van der Waals surface area contributed by atoms with Gasteiger partial charge in [-0.25, -0.2) is 9.37 Å². The molecule has 188 valence electrons. The van der Waals surface area contributed by atoms with Crippen LogP contribution in [0.25, 0.3) is 11.1 Å². The SMILES string of the molecule is CC(Oc1cc(-c2cnn(C(C)C(=O)NCCCN(C)C)c2)cnc1N)c1c(Cl)ccc(F)c1Cl. The summed E-state index contributed by atoms with van der Waals surface area (Å²) < 4.78 is 21.5. The van der Waals surface area contributed by atoms with Gasteiger partial charge in [-0.2, -0.15) is 5.10 Å². The number of halogens is 3. The molecule has 8 nitrogen and oxygen atoms in total. The Hall–Kier alpha value is -2.88. The van der Waals surface area contributed by atoms with Crippen LogP contribution in [0.2, 0.25) is 10.0 Å². The van der Waals surface area contributed by atoms with Crippen LogP contribution in [0.5, 0.6) is 5.75 Å². The Bertz CT molecular complexity index is 1190. The van der Waals surface area contributed by atoms with Gasteiger partial charge in [-0.1, -0.05) is 23.2 Å². The summed E-state index contributed by atoms with van der Waals surface area (Å²) in [5.41, 5.74) is 7.74. The second-order valence-electron chi connectivity index (χ2n) is 8.46. The van der Waals surface area contributed by atoms with Crippen LogP contribution in [0, 0.1) is 5.82 Å². The van der Waals surface area contributed by atoms with Crippen LogP contribution in [0.3, 0.4) is 0 Å². The van der Waals surface area contributed by atoms with Gasteiger partial charge in [0.2, 0.25) is 5.91 Å². The van der Waals surface area contributed by atoms with E-state index in [9.17, 15) is 9.18 Å². The molecule has 2 heterocycles. The Morgan fingerprint density at radius 3 is 2.71 bits per heavy atom. The van der Waals surface area contributed by atoms with E-state index in [-0.39, 0.29) is 27.5 Å². The standard InChI is InChI=1S/C24H29Cl2FN6O2/c1-14(24(34)29-8-5-9-32(3)4)33-13-17(12-31-33)16-10-20(23(28)30-11-16)35-15(2)21-18(25)6-7-19(27)22(21)26/h6-7,10-15H,5,8-9H2,1-4H3,(H2,28,30)(H,29,34). The van der Waals surface area contributed by atoms with Crippen LogP contribution in [-0.2, 0) is 4.79 Å². The van der Waals surface area contributed by atoms with Gasteiger partial charge in [0.25, 0.3) is 0 Å². The molecular weight excluding hydrogens is 494 g/mol. The molecule has 3 aromatic rings. The smallest absolute Gasteiger partial charge is 0.244 e. The molecule has 2 unspecified atom stereocenters. The number of nitrogen functional groups attached to an aromatic ring is 1. The fraction of sp³-hybridized carbons (Fsp3) is 0.375. The van der Waals surface area contributed by atoms with E-state index in [0.29, 0.717) is 17.7 Å². The minimum absolute atomic E-state index is 0.108. The number of amides is 1. The van der Waals surface area contributed by atoms with Crippen molar-refractivity contribution in [1.29, 1.82) is 0 Å². The molecule has 11 heteroatoms. The van der Waals surface area contributed by atoms with Gasteiger partial charge in [0, 0.05) is 40.7 Å². The van der Waals surface area contributed by atoms with E-state index < -0.39 is 18.0 Å². The quantitative estimate of drug-likeness (QED) is 0.294. The van der Waals surface area contributed by atoms with Crippen LogP contribution >= 0.6 is 23.2 Å². The first-order chi connectivity index (χ1) is 16.6. The summed E-state index contributed by atoms with van der Waals surface area (Å²) in [4.78, 5) is 18.8. The van der Waals surface area contributed by atoms with Gasteiger partial charge < -0.3 is 20.7 Å². The maximum Gasteiger partial charge on any atom is 0.244 e. The normalized spacial score (nSPS) is 13.0. The Kier molecular flexibility index (Phi) is 8.93. The number of anilines is 1. The molecule has 0 aliphatic carbocycles. The molecule has 0 fully saturated rings. The number of nitrogens with two attached hydrogens (primary N) is 1. The van der Waals surface area contributed by atoms with Gasteiger partial charge in [-0.05, 0) is 59.1 Å². The highest BCUT2D eigenvalue weighted by molar-refractivity contribution is 6.36. The zero-order valence-corrected chi connectivity index (χ0v) is 21.6. The fourth-order valence-electron chi connectivity index (χ4n) is 3.45. The summed E-state index contributed by atoms with van der Waals surface area (Å²) >= 11 is 12.3. The van der Waals surface area contributed by atoms with E-state index in [1.807, 2.05) is 14.1 Å². The average molecular weight is 523 g/mol. The number of carbonyl (C=O) groups excluding carboxylic acids is 1. The fourth-order valence-corrected chi connectivity index (χ4v) is 4.12. The number of hydrogen-bond donors (Lipinski definition) is 2. The third kappa shape index (κ3) is 6.62. The highest BCUT2D eigenvalue weighted by atomic mass is 35.5. The van der Waals surface area contributed by atoms with Crippen LogP contribution < -0.4 is 15.8 Å². The third-order valence-electron chi connectivity index (χ3n) is 5.46. The molecule has 3 N–H and O–H groups in total. The van der Waals surface area contributed by atoms with Gasteiger partial charge in [0.1, 0.15) is 18.0 Å². The summed E-state index contributed by atoms with van der Waals surface area (Å²) in [5.74, 6) is -0.270.